The second kappa shape index (κ2) is 7.64. The van der Waals surface area contributed by atoms with Crippen molar-refractivity contribution in [3.05, 3.63) is 0 Å². The standard InChI is InChI=1S/C13H23N5OS/c1-4-5-14-11-15-12(18-6-8-19-9-7-18)17-13(16-11)20-10(2)3/h10H,4-9H2,1-3H3,(H,14,15,16,17). The van der Waals surface area contributed by atoms with Crippen molar-refractivity contribution in [1.82, 2.24) is 15.0 Å². The Labute approximate surface area is 124 Å². The minimum absolute atomic E-state index is 0.453. The van der Waals surface area contributed by atoms with Crippen LogP contribution in [0.15, 0.2) is 5.16 Å². The number of morpholine rings is 1. The van der Waals surface area contributed by atoms with Gasteiger partial charge in [0.05, 0.1) is 13.2 Å². The topological polar surface area (TPSA) is 63.2 Å². The molecule has 2 heterocycles. The summed E-state index contributed by atoms with van der Waals surface area (Å²) in [5.74, 6) is 1.43. The fourth-order valence-corrected chi connectivity index (χ4v) is 2.53. The molecule has 0 unspecified atom stereocenters. The number of aromatic nitrogens is 3. The number of thioether (sulfide) groups is 1. The first-order valence-corrected chi connectivity index (χ1v) is 8.06. The van der Waals surface area contributed by atoms with E-state index >= 15 is 0 Å². The van der Waals surface area contributed by atoms with Gasteiger partial charge < -0.3 is 15.0 Å². The Morgan fingerprint density at radius 3 is 2.65 bits per heavy atom. The minimum Gasteiger partial charge on any atom is -0.378 e. The molecule has 0 bridgehead atoms. The molecule has 20 heavy (non-hydrogen) atoms. The summed E-state index contributed by atoms with van der Waals surface area (Å²) >= 11 is 1.66. The summed E-state index contributed by atoms with van der Waals surface area (Å²) in [5, 5.41) is 4.49. The smallest absolute Gasteiger partial charge is 0.231 e. The van der Waals surface area contributed by atoms with Gasteiger partial charge in [-0.25, -0.2) is 0 Å². The van der Waals surface area contributed by atoms with Crippen LogP contribution in [0.1, 0.15) is 27.2 Å². The molecule has 112 valence electrons. The van der Waals surface area contributed by atoms with E-state index < -0.39 is 0 Å². The van der Waals surface area contributed by atoms with Crippen LogP contribution in [0.4, 0.5) is 11.9 Å². The number of ether oxygens (including phenoxy) is 1. The first-order chi connectivity index (χ1) is 9.69. The highest BCUT2D eigenvalue weighted by atomic mass is 32.2. The Bertz CT molecular complexity index is 423. The molecular weight excluding hydrogens is 274 g/mol. The quantitative estimate of drug-likeness (QED) is 0.806. The Kier molecular flexibility index (Phi) is 5.85. The van der Waals surface area contributed by atoms with Gasteiger partial charge in [-0.3, -0.25) is 0 Å². The van der Waals surface area contributed by atoms with Crippen LogP contribution in [0.3, 0.4) is 0 Å². The summed E-state index contributed by atoms with van der Waals surface area (Å²) in [6.45, 7) is 10.4. The van der Waals surface area contributed by atoms with Gasteiger partial charge in [-0.15, -0.1) is 0 Å². The van der Waals surface area contributed by atoms with E-state index in [4.69, 9.17) is 4.74 Å². The Morgan fingerprint density at radius 1 is 1.25 bits per heavy atom. The van der Waals surface area contributed by atoms with E-state index in [0.717, 1.165) is 50.4 Å². The second-order valence-corrected chi connectivity index (χ2v) is 6.48. The van der Waals surface area contributed by atoms with Crippen LogP contribution in [-0.4, -0.2) is 53.0 Å². The molecule has 6 nitrogen and oxygen atoms in total. The van der Waals surface area contributed by atoms with Gasteiger partial charge in [0, 0.05) is 24.9 Å². The zero-order chi connectivity index (χ0) is 14.4. The third-order valence-electron chi connectivity index (χ3n) is 2.77. The summed E-state index contributed by atoms with van der Waals surface area (Å²) in [4.78, 5) is 15.7. The zero-order valence-electron chi connectivity index (χ0n) is 12.4. The molecule has 0 saturated carbocycles. The molecule has 0 amide bonds. The lowest BCUT2D eigenvalue weighted by Gasteiger charge is -2.27. The van der Waals surface area contributed by atoms with Crippen molar-refractivity contribution < 1.29 is 4.74 Å². The molecule has 7 heteroatoms. The van der Waals surface area contributed by atoms with Crippen molar-refractivity contribution in [1.29, 1.82) is 0 Å². The highest BCUT2D eigenvalue weighted by Crippen LogP contribution is 2.22. The first kappa shape index (κ1) is 15.3. The van der Waals surface area contributed by atoms with Crippen LogP contribution >= 0.6 is 11.8 Å². The largest absolute Gasteiger partial charge is 0.378 e. The monoisotopic (exact) mass is 297 g/mol. The predicted molar refractivity (Wildman–Crippen MR) is 82.6 cm³/mol. The maximum Gasteiger partial charge on any atom is 0.231 e. The second-order valence-electron chi connectivity index (χ2n) is 4.93. The molecule has 1 N–H and O–H groups in total. The van der Waals surface area contributed by atoms with Crippen LogP contribution < -0.4 is 10.2 Å². The van der Waals surface area contributed by atoms with E-state index in [9.17, 15) is 0 Å². The van der Waals surface area contributed by atoms with Crippen molar-refractivity contribution in [2.75, 3.05) is 43.1 Å². The van der Waals surface area contributed by atoms with E-state index in [0.29, 0.717) is 11.2 Å². The average Bonchev–Trinajstić information content (AvgIpc) is 2.45. The molecule has 0 atom stereocenters. The molecule has 1 aliphatic rings. The zero-order valence-corrected chi connectivity index (χ0v) is 13.2. The third-order valence-corrected chi connectivity index (χ3v) is 3.64. The highest BCUT2D eigenvalue weighted by Gasteiger charge is 2.17. The molecule has 2 rings (SSSR count). The Hall–Kier alpha value is -1.08. The number of rotatable bonds is 6. The SMILES string of the molecule is CCCNc1nc(SC(C)C)nc(N2CCOCC2)n1. The van der Waals surface area contributed by atoms with Crippen molar-refractivity contribution in [2.24, 2.45) is 0 Å². The molecule has 1 saturated heterocycles. The number of nitrogens with one attached hydrogen (secondary N) is 1. The molecule has 0 spiro atoms. The molecule has 1 fully saturated rings. The molecule has 0 aliphatic carbocycles. The highest BCUT2D eigenvalue weighted by molar-refractivity contribution is 7.99. The number of anilines is 2. The molecular formula is C13H23N5OS. The summed E-state index contributed by atoms with van der Waals surface area (Å²) in [7, 11) is 0. The normalized spacial score (nSPS) is 15.7. The summed E-state index contributed by atoms with van der Waals surface area (Å²) in [5.41, 5.74) is 0. The van der Waals surface area contributed by atoms with Crippen LogP contribution in [0.25, 0.3) is 0 Å². The van der Waals surface area contributed by atoms with Gasteiger partial charge in [0.1, 0.15) is 0 Å². The Morgan fingerprint density at radius 2 is 2.00 bits per heavy atom. The van der Waals surface area contributed by atoms with Crippen molar-refractivity contribution in [3.8, 4) is 0 Å². The summed E-state index contributed by atoms with van der Waals surface area (Å²) in [6.07, 6.45) is 1.05. The van der Waals surface area contributed by atoms with Crippen LogP contribution in [-0.2, 0) is 4.74 Å². The molecule has 0 aromatic carbocycles. The lowest BCUT2D eigenvalue weighted by molar-refractivity contribution is 0.122. The van der Waals surface area contributed by atoms with Gasteiger partial charge in [-0.05, 0) is 6.42 Å². The van der Waals surface area contributed by atoms with Gasteiger partial charge in [-0.2, -0.15) is 15.0 Å². The maximum atomic E-state index is 5.38. The number of hydrogen-bond acceptors (Lipinski definition) is 7. The fourth-order valence-electron chi connectivity index (χ4n) is 1.83. The maximum absolute atomic E-state index is 5.38. The first-order valence-electron chi connectivity index (χ1n) is 7.18. The van der Waals surface area contributed by atoms with E-state index in [-0.39, 0.29) is 0 Å². The van der Waals surface area contributed by atoms with E-state index in [1.165, 1.54) is 0 Å². The van der Waals surface area contributed by atoms with Crippen LogP contribution in [0.5, 0.6) is 0 Å². The lowest BCUT2D eigenvalue weighted by atomic mass is 10.4. The van der Waals surface area contributed by atoms with Gasteiger partial charge in [-0.1, -0.05) is 32.5 Å². The van der Waals surface area contributed by atoms with E-state index in [1.54, 1.807) is 11.8 Å². The van der Waals surface area contributed by atoms with E-state index in [1.807, 2.05) is 0 Å². The van der Waals surface area contributed by atoms with Gasteiger partial charge in [0.25, 0.3) is 0 Å². The fraction of sp³-hybridized carbons (Fsp3) is 0.769. The van der Waals surface area contributed by atoms with Crippen molar-refractivity contribution in [3.63, 3.8) is 0 Å². The molecule has 1 aromatic rings. The van der Waals surface area contributed by atoms with Crippen LogP contribution in [0.2, 0.25) is 0 Å². The van der Waals surface area contributed by atoms with Crippen LogP contribution in [0, 0.1) is 0 Å². The predicted octanol–water partition coefficient (Wildman–Crippen LogP) is 2.03. The molecule has 0 radical (unpaired) electrons. The van der Waals surface area contributed by atoms with Gasteiger partial charge in [0.2, 0.25) is 11.9 Å². The lowest BCUT2D eigenvalue weighted by Crippen LogP contribution is -2.37. The average molecular weight is 297 g/mol. The summed E-state index contributed by atoms with van der Waals surface area (Å²) < 4.78 is 5.38. The summed E-state index contributed by atoms with van der Waals surface area (Å²) in [6, 6.07) is 0. The minimum atomic E-state index is 0.453. The third kappa shape index (κ3) is 4.49. The van der Waals surface area contributed by atoms with Gasteiger partial charge in [0.15, 0.2) is 5.16 Å². The van der Waals surface area contributed by atoms with Crippen molar-refractivity contribution >= 4 is 23.7 Å². The van der Waals surface area contributed by atoms with E-state index in [2.05, 4.69) is 45.9 Å². The number of nitrogens with zero attached hydrogens (tertiary/aromatic N) is 4. The van der Waals surface area contributed by atoms with Gasteiger partial charge >= 0.3 is 0 Å². The van der Waals surface area contributed by atoms with Crippen molar-refractivity contribution in [2.45, 2.75) is 37.6 Å². The number of hydrogen-bond donors (Lipinski definition) is 1. The molecule has 1 aliphatic heterocycles. The molecule has 1 aromatic heterocycles. The Balaban J connectivity index is 2.19.